The molecule has 1 aliphatic heterocycles. The van der Waals surface area contributed by atoms with Crippen molar-refractivity contribution in [3.05, 3.63) is 99.7 Å². The number of phenolic OH excluding ortho intramolecular Hbond substituents is 1. The van der Waals surface area contributed by atoms with Gasteiger partial charge in [-0.2, -0.15) is 0 Å². The third-order valence-corrected chi connectivity index (χ3v) is 4.84. The van der Waals surface area contributed by atoms with Crippen molar-refractivity contribution in [3.63, 3.8) is 0 Å². The number of hydrogen-bond donors (Lipinski definition) is 2. The van der Waals surface area contributed by atoms with Gasteiger partial charge in [-0.05, 0) is 60.2 Å². The Hall–Kier alpha value is -3.71. The Kier molecular flexibility index (Phi) is 5.45. The number of hydrogen-bond acceptors (Lipinski definition) is 5. The first kappa shape index (κ1) is 19.6. The smallest absolute Gasteiger partial charge is 0.363 e. The SMILES string of the molecule is O=C1OC(c2ccccc2)=N/C1=C/c1ccc(O)c(C(=O)Nc2ccc(Br)cc2)c1. The maximum absolute atomic E-state index is 12.6. The van der Waals surface area contributed by atoms with Gasteiger partial charge in [-0.15, -0.1) is 0 Å². The lowest BCUT2D eigenvalue weighted by atomic mass is 10.1. The van der Waals surface area contributed by atoms with Crippen LogP contribution < -0.4 is 5.32 Å². The van der Waals surface area contributed by atoms with Crippen molar-refractivity contribution in [1.82, 2.24) is 0 Å². The highest BCUT2D eigenvalue weighted by Gasteiger charge is 2.24. The third kappa shape index (κ3) is 4.31. The molecule has 0 bridgehead atoms. The molecular weight excluding hydrogens is 448 g/mol. The number of nitrogens with zero attached hydrogens (tertiary/aromatic N) is 1. The minimum absolute atomic E-state index is 0.0749. The molecule has 0 atom stereocenters. The summed E-state index contributed by atoms with van der Waals surface area (Å²) >= 11 is 3.34. The van der Waals surface area contributed by atoms with Crippen molar-refractivity contribution in [2.24, 2.45) is 4.99 Å². The molecule has 7 heteroatoms. The average Bonchev–Trinajstić information content (AvgIpc) is 3.12. The first-order chi connectivity index (χ1) is 14.5. The number of carbonyl (C=O) groups excluding carboxylic acids is 2. The van der Waals surface area contributed by atoms with Crippen molar-refractivity contribution in [2.45, 2.75) is 0 Å². The van der Waals surface area contributed by atoms with Crippen LogP contribution in [0.4, 0.5) is 5.69 Å². The van der Waals surface area contributed by atoms with Crippen molar-refractivity contribution in [1.29, 1.82) is 0 Å². The van der Waals surface area contributed by atoms with Crippen LogP contribution in [0.15, 0.2) is 88.0 Å². The van der Waals surface area contributed by atoms with Crippen molar-refractivity contribution in [3.8, 4) is 5.75 Å². The van der Waals surface area contributed by atoms with E-state index in [1.165, 1.54) is 18.2 Å². The molecule has 0 fully saturated rings. The van der Waals surface area contributed by atoms with Crippen molar-refractivity contribution >= 4 is 45.5 Å². The minimum Gasteiger partial charge on any atom is -0.507 e. The van der Waals surface area contributed by atoms with Gasteiger partial charge in [-0.1, -0.05) is 40.2 Å². The highest BCUT2D eigenvalue weighted by Crippen LogP contribution is 2.24. The fourth-order valence-electron chi connectivity index (χ4n) is 2.83. The fourth-order valence-corrected chi connectivity index (χ4v) is 3.09. The van der Waals surface area contributed by atoms with Gasteiger partial charge in [0.1, 0.15) is 5.75 Å². The number of aromatic hydroxyl groups is 1. The van der Waals surface area contributed by atoms with Gasteiger partial charge in [-0.3, -0.25) is 4.79 Å². The standard InChI is InChI=1S/C23H15BrN2O4/c24-16-7-9-17(10-8-16)25-21(28)18-12-14(6-11-20(18)27)13-19-23(29)30-22(26-19)15-4-2-1-3-5-15/h1-13,27H,(H,25,28)/b19-13+. The summed E-state index contributed by atoms with van der Waals surface area (Å²) in [5, 5.41) is 12.8. The number of benzene rings is 3. The molecule has 2 N–H and O–H groups in total. The second kappa shape index (κ2) is 8.34. The van der Waals surface area contributed by atoms with Gasteiger partial charge in [0, 0.05) is 15.7 Å². The Morgan fingerprint density at radius 3 is 2.50 bits per heavy atom. The van der Waals surface area contributed by atoms with Gasteiger partial charge in [0.15, 0.2) is 5.70 Å². The topological polar surface area (TPSA) is 88.0 Å². The van der Waals surface area contributed by atoms with Crippen LogP contribution in [0.2, 0.25) is 0 Å². The maximum Gasteiger partial charge on any atom is 0.363 e. The van der Waals surface area contributed by atoms with Gasteiger partial charge in [0.05, 0.1) is 5.56 Å². The van der Waals surface area contributed by atoms with Crippen LogP contribution in [0, 0.1) is 0 Å². The van der Waals surface area contributed by atoms with Crippen molar-refractivity contribution < 1.29 is 19.4 Å². The van der Waals surface area contributed by atoms with Crippen LogP contribution in [-0.2, 0) is 9.53 Å². The van der Waals surface area contributed by atoms with Crippen LogP contribution in [0.5, 0.6) is 5.75 Å². The summed E-state index contributed by atoms with van der Waals surface area (Å²) < 4.78 is 6.12. The van der Waals surface area contributed by atoms with Crippen molar-refractivity contribution in [2.75, 3.05) is 5.32 Å². The van der Waals surface area contributed by atoms with E-state index in [2.05, 4.69) is 26.2 Å². The zero-order valence-electron chi connectivity index (χ0n) is 15.5. The molecule has 30 heavy (non-hydrogen) atoms. The predicted octanol–water partition coefficient (Wildman–Crippen LogP) is 4.75. The largest absolute Gasteiger partial charge is 0.507 e. The second-order valence-electron chi connectivity index (χ2n) is 6.44. The van der Waals surface area contributed by atoms with E-state index in [1.54, 1.807) is 42.5 Å². The molecule has 6 nitrogen and oxygen atoms in total. The summed E-state index contributed by atoms with van der Waals surface area (Å²) in [6.45, 7) is 0. The Balaban J connectivity index is 1.60. The number of ether oxygens (including phenoxy) is 1. The number of esters is 1. The third-order valence-electron chi connectivity index (χ3n) is 4.31. The molecule has 0 saturated carbocycles. The number of cyclic esters (lactones) is 1. The van der Waals surface area contributed by atoms with E-state index in [0.29, 0.717) is 16.8 Å². The Labute approximate surface area is 180 Å². The molecule has 0 spiro atoms. The maximum atomic E-state index is 12.6. The first-order valence-electron chi connectivity index (χ1n) is 8.97. The Bertz CT molecular complexity index is 1190. The average molecular weight is 463 g/mol. The molecule has 0 unspecified atom stereocenters. The molecule has 0 aromatic heterocycles. The summed E-state index contributed by atoms with van der Waals surface area (Å²) in [6, 6.07) is 20.6. The van der Waals surface area contributed by atoms with E-state index < -0.39 is 11.9 Å². The zero-order chi connectivity index (χ0) is 21.1. The van der Waals surface area contributed by atoms with Crippen LogP contribution in [0.1, 0.15) is 21.5 Å². The van der Waals surface area contributed by atoms with Gasteiger partial charge < -0.3 is 15.2 Å². The molecular formula is C23H15BrN2O4. The summed E-state index contributed by atoms with van der Waals surface area (Å²) in [5.74, 6) is -1.01. The zero-order valence-corrected chi connectivity index (χ0v) is 17.1. The Morgan fingerprint density at radius 1 is 1.03 bits per heavy atom. The number of aliphatic imine (C=N–C) groups is 1. The number of halogens is 1. The van der Waals surface area contributed by atoms with Crippen LogP contribution in [-0.4, -0.2) is 22.9 Å². The van der Waals surface area contributed by atoms with E-state index in [9.17, 15) is 14.7 Å². The number of amides is 1. The summed E-state index contributed by atoms with van der Waals surface area (Å²) in [4.78, 5) is 29.0. The molecule has 4 rings (SSSR count). The molecule has 0 aliphatic carbocycles. The predicted molar refractivity (Wildman–Crippen MR) is 117 cm³/mol. The lowest BCUT2D eigenvalue weighted by molar-refractivity contribution is -0.129. The van der Waals surface area contributed by atoms with E-state index in [0.717, 1.165) is 4.47 Å². The number of phenols is 1. The first-order valence-corrected chi connectivity index (χ1v) is 9.77. The highest BCUT2D eigenvalue weighted by atomic mass is 79.9. The second-order valence-corrected chi connectivity index (χ2v) is 7.36. The monoisotopic (exact) mass is 462 g/mol. The summed E-state index contributed by atoms with van der Waals surface area (Å²) in [5.41, 5.74) is 1.99. The lowest BCUT2D eigenvalue weighted by Gasteiger charge is -2.08. The summed E-state index contributed by atoms with van der Waals surface area (Å²) in [6.07, 6.45) is 1.51. The van der Waals surface area contributed by atoms with E-state index in [1.807, 2.05) is 18.2 Å². The molecule has 0 radical (unpaired) electrons. The van der Waals surface area contributed by atoms with Crippen LogP contribution in [0.3, 0.4) is 0 Å². The molecule has 0 saturated heterocycles. The number of anilines is 1. The van der Waals surface area contributed by atoms with E-state index >= 15 is 0 Å². The highest BCUT2D eigenvalue weighted by molar-refractivity contribution is 9.10. The number of carbonyl (C=O) groups is 2. The molecule has 1 aliphatic rings. The minimum atomic E-state index is -0.581. The normalized spacial score (nSPS) is 14.4. The molecule has 1 amide bonds. The number of nitrogens with one attached hydrogen (secondary N) is 1. The fraction of sp³-hybridized carbons (Fsp3) is 0. The molecule has 3 aromatic carbocycles. The van der Waals surface area contributed by atoms with Gasteiger partial charge in [-0.25, -0.2) is 9.79 Å². The number of rotatable bonds is 4. The van der Waals surface area contributed by atoms with Gasteiger partial charge in [0.2, 0.25) is 5.90 Å². The van der Waals surface area contributed by atoms with Crippen LogP contribution >= 0.6 is 15.9 Å². The van der Waals surface area contributed by atoms with E-state index in [4.69, 9.17) is 4.74 Å². The molecule has 3 aromatic rings. The summed E-state index contributed by atoms with van der Waals surface area (Å²) in [7, 11) is 0. The van der Waals surface area contributed by atoms with Gasteiger partial charge >= 0.3 is 5.97 Å². The van der Waals surface area contributed by atoms with Crippen LogP contribution in [0.25, 0.3) is 6.08 Å². The lowest BCUT2D eigenvalue weighted by Crippen LogP contribution is -2.12. The molecule has 148 valence electrons. The van der Waals surface area contributed by atoms with E-state index in [-0.39, 0.29) is 22.9 Å². The van der Waals surface area contributed by atoms with Gasteiger partial charge in [0.25, 0.3) is 5.91 Å². The Morgan fingerprint density at radius 2 is 1.77 bits per heavy atom. The molecule has 1 heterocycles. The quantitative estimate of drug-likeness (QED) is 0.432.